The third kappa shape index (κ3) is 4.69. The van der Waals surface area contributed by atoms with Gasteiger partial charge in [-0.1, -0.05) is 24.3 Å². The number of hydrogen-bond donors (Lipinski definition) is 1. The molecule has 150 valence electrons. The minimum absolute atomic E-state index is 0.0460. The van der Waals surface area contributed by atoms with Gasteiger partial charge in [0.25, 0.3) is 0 Å². The second kappa shape index (κ2) is 9.36. The number of nitrogens with one attached hydrogen (secondary N) is 1. The number of ether oxygens (including phenoxy) is 1. The van der Waals surface area contributed by atoms with Gasteiger partial charge >= 0.3 is 0 Å². The molecule has 0 atom stereocenters. The highest BCUT2D eigenvalue weighted by Crippen LogP contribution is 2.16. The van der Waals surface area contributed by atoms with Crippen LogP contribution >= 0.6 is 0 Å². The second-order valence-corrected chi connectivity index (χ2v) is 6.71. The minimum atomic E-state index is 0.0460. The number of rotatable bonds is 6. The number of guanidine groups is 1. The van der Waals surface area contributed by atoms with Crippen LogP contribution in [0, 0.1) is 0 Å². The Hall–Kier alpha value is -2.87. The van der Waals surface area contributed by atoms with Crippen LogP contribution in [-0.4, -0.2) is 59.8 Å². The normalized spacial score (nSPS) is 15.2. The van der Waals surface area contributed by atoms with Gasteiger partial charge in [-0.15, -0.1) is 0 Å². The summed E-state index contributed by atoms with van der Waals surface area (Å²) >= 11 is 0. The molecule has 8 nitrogen and oxygen atoms in total. The van der Waals surface area contributed by atoms with Gasteiger partial charge in [0.2, 0.25) is 5.91 Å². The zero-order valence-corrected chi connectivity index (χ0v) is 16.8. The molecular formula is C20H28N6O2. The van der Waals surface area contributed by atoms with Crippen molar-refractivity contribution in [2.45, 2.75) is 20.1 Å². The van der Waals surface area contributed by atoms with E-state index in [1.165, 1.54) is 0 Å². The first-order valence-electron chi connectivity index (χ1n) is 9.50. The first kappa shape index (κ1) is 19.9. The molecule has 0 unspecified atom stereocenters. The summed E-state index contributed by atoms with van der Waals surface area (Å²) in [7, 11) is 3.54. The Kier molecular flexibility index (Phi) is 6.65. The zero-order valence-electron chi connectivity index (χ0n) is 16.8. The van der Waals surface area contributed by atoms with Crippen molar-refractivity contribution in [2.75, 3.05) is 38.2 Å². The Balaban J connectivity index is 1.71. The summed E-state index contributed by atoms with van der Waals surface area (Å²) in [6.07, 6.45) is 3.58. The van der Waals surface area contributed by atoms with Crippen LogP contribution in [0.5, 0.6) is 0 Å². The number of benzene rings is 1. The molecule has 2 aromatic rings. The Morgan fingerprint density at radius 3 is 2.71 bits per heavy atom. The first-order chi connectivity index (χ1) is 13.6. The Morgan fingerprint density at radius 2 is 2.07 bits per heavy atom. The van der Waals surface area contributed by atoms with E-state index >= 15 is 0 Å². The SMILES string of the molecule is CCNC(=NCc1ccccc1COC)N1CCN(c2cnn(C)c2)C(=O)C1. The fraction of sp³-hybridized carbons (Fsp3) is 0.450. The van der Waals surface area contributed by atoms with E-state index in [4.69, 9.17) is 9.73 Å². The van der Waals surface area contributed by atoms with Crippen LogP contribution in [0.4, 0.5) is 5.69 Å². The van der Waals surface area contributed by atoms with Gasteiger partial charge in [0.15, 0.2) is 5.96 Å². The fourth-order valence-electron chi connectivity index (χ4n) is 3.27. The van der Waals surface area contributed by atoms with E-state index in [-0.39, 0.29) is 5.91 Å². The molecule has 1 aromatic heterocycles. The molecule has 0 saturated carbocycles. The average molecular weight is 384 g/mol. The lowest BCUT2D eigenvalue weighted by molar-refractivity contribution is -0.120. The molecule has 0 aliphatic carbocycles. The average Bonchev–Trinajstić information content (AvgIpc) is 3.12. The van der Waals surface area contributed by atoms with Crippen molar-refractivity contribution in [1.82, 2.24) is 20.0 Å². The van der Waals surface area contributed by atoms with Gasteiger partial charge in [0.1, 0.15) is 6.54 Å². The maximum atomic E-state index is 12.7. The van der Waals surface area contributed by atoms with Crippen molar-refractivity contribution >= 4 is 17.6 Å². The van der Waals surface area contributed by atoms with Crippen molar-refractivity contribution in [3.05, 3.63) is 47.8 Å². The molecular weight excluding hydrogens is 356 g/mol. The van der Waals surface area contributed by atoms with Crippen LogP contribution in [0.2, 0.25) is 0 Å². The van der Waals surface area contributed by atoms with Gasteiger partial charge in [-0.25, -0.2) is 4.99 Å². The molecule has 3 rings (SSSR count). The van der Waals surface area contributed by atoms with Gasteiger partial charge in [-0.05, 0) is 18.1 Å². The van der Waals surface area contributed by atoms with Crippen LogP contribution in [0.15, 0.2) is 41.7 Å². The van der Waals surface area contributed by atoms with Crippen LogP contribution < -0.4 is 10.2 Å². The maximum absolute atomic E-state index is 12.7. The summed E-state index contributed by atoms with van der Waals surface area (Å²) in [6.45, 7) is 5.49. The number of carbonyl (C=O) groups excluding carboxylic acids is 1. The van der Waals surface area contributed by atoms with Crippen molar-refractivity contribution in [3.8, 4) is 0 Å². The molecule has 1 aromatic carbocycles. The summed E-state index contributed by atoms with van der Waals surface area (Å²) in [4.78, 5) is 21.3. The molecule has 8 heteroatoms. The maximum Gasteiger partial charge on any atom is 0.246 e. The van der Waals surface area contributed by atoms with E-state index in [0.717, 1.165) is 29.3 Å². The van der Waals surface area contributed by atoms with Gasteiger partial charge in [0.05, 0.1) is 25.0 Å². The largest absolute Gasteiger partial charge is 0.380 e. The van der Waals surface area contributed by atoms with Gasteiger partial charge in [-0.3, -0.25) is 9.48 Å². The number of piperazine rings is 1. The molecule has 1 saturated heterocycles. The quantitative estimate of drug-likeness (QED) is 0.602. The number of carbonyl (C=O) groups is 1. The van der Waals surface area contributed by atoms with Crippen molar-refractivity contribution in [3.63, 3.8) is 0 Å². The number of amides is 1. The first-order valence-corrected chi connectivity index (χ1v) is 9.50. The van der Waals surface area contributed by atoms with Crippen LogP contribution in [0.3, 0.4) is 0 Å². The topological polar surface area (TPSA) is 75.0 Å². The summed E-state index contributed by atoms with van der Waals surface area (Å²) in [6, 6.07) is 8.13. The number of anilines is 1. The molecule has 1 amide bonds. The molecule has 0 bridgehead atoms. The predicted octanol–water partition coefficient (Wildman–Crippen LogP) is 1.38. The highest BCUT2D eigenvalue weighted by Gasteiger charge is 2.27. The molecule has 1 fully saturated rings. The molecule has 0 spiro atoms. The third-order valence-corrected chi connectivity index (χ3v) is 4.68. The lowest BCUT2D eigenvalue weighted by Crippen LogP contribution is -2.55. The number of aromatic nitrogens is 2. The predicted molar refractivity (Wildman–Crippen MR) is 109 cm³/mol. The number of hydrogen-bond acceptors (Lipinski definition) is 4. The summed E-state index contributed by atoms with van der Waals surface area (Å²) in [5.74, 6) is 0.804. The highest BCUT2D eigenvalue weighted by atomic mass is 16.5. The van der Waals surface area contributed by atoms with Crippen LogP contribution in [-0.2, 0) is 29.7 Å². The van der Waals surface area contributed by atoms with E-state index in [9.17, 15) is 4.79 Å². The second-order valence-electron chi connectivity index (χ2n) is 6.71. The third-order valence-electron chi connectivity index (χ3n) is 4.68. The zero-order chi connectivity index (χ0) is 19.9. The standard InChI is InChI=1S/C20H28N6O2/c1-4-21-20(22-11-16-7-5-6-8-17(16)15-28-3)25-9-10-26(19(27)14-25)18-12-23-24(2)13-18/h5-8,12-13H,4,9-11,14-15H2,1-3H3,(H,21,22). The monoisotopic (exact) mass is 384 g/mol. The van der Waals surface area contributed by atoms with Crippen molar-refractivity contribution in [1.29, 1.82) is 0 Å². The molecule has 2 heterocycles. The van der Waals surface area contributed by atoms with Crippen LogP contribution in [0.1, 0.15) is 18.1 Å². The van der Waals surface area contributed by atoms with E-state index in [1.807, 2.05) is 37.2 Å². The van der Waals surface area contributed by atoms with Crippen molar-refractivity contribution in [2.24, 2.45) is 12.0 Å². The van der Waals surface area contributed by atoms with E-state index < -0.39 is 0 Å². The van der Waals surface area contributed by atoms with Crippen molar-refractivity contribution < 1.29 is 9.53 Å². The Labute approximate surface area is 165 Å². The van der Waals surface area contributed by atoms with Crippen LogP contribution in [0.25, 0.3) is 0 Å². The highest BCUT2D eigenvalue weighted by molar-refractivity contribution is 5.98. The minimum Gasteiger partial charge on any atom is -0.380 e. The smallest absolute Gasteiger partial charge is 0.246 e. The van der Waals surface area contributed by atoms with E-state index in [2.05, 4.69) is 22.5 Å². The summed E-state index contributed by atoms with van der Waals surface area (Å²) in [5.41, 5.74) is 3.09. The van der Waals surface area contributed by atoms with E-state index in [0.29, 0.717) is 32.8 Å². The molecule has 28 heavy (non-hydrogen) atoms. The lowest BCUT2D eigenvalue weighted by atomic mass is 10.1. The molecule has 0 radical (unpaired) electrons. The summed E-state index contributed by atoms with van der Waals surface area (Å²) in [5, 5.41) is 7.47. The van der Waals surface area contributed by atoms with Gasteiger partial charge in [0, 0.05) is 40.0 Å². The summed E-state index contributed by atoms with van der Waals surface area (Å²) < 4.78 is 6.98. The van der Waals surface area contributed by atoms with E-state index in [1.54, 1.807) is 22.9 Å². The number of aliphatic imine (C=N–C) groups is 1. The number of methoxy groups -OCH3 is 1. The molecule has 1 aliphatic rings. The van der Waals surface area contributed by atoms with Gasteiger partial charge < -0.3 is 19.9 Å². The fourth-order valence-corrected chi connectivity index (χ4v) is 3.27. The Morgan fingerprint density at radius 1 is 1.29 bits per heavy atom. The lowest BCUT2D eigenvalue weighted by Gasteiger charge is -2.35. The molecule has 1 N–H and O–H groups in total. The number of nitrogens with zero attached hydrogens (tertiary/aromatic N) is 5. The van der Waals surface area contributed by atoms with Gasteiger partial charge in [-0.2, -0.15) is 5.10 Å². The molecule has 1 aliphatic heterocycles. The number of aryl methyl sites for hydroxylation is 1. The Bertz CT molecular complexity index is 832.